The molecule has 1 aliphatic rings. The number of rotatable bonds is 13. The van der Waals surface area contributed by atoms with Crippen molar-refractivity contribution in [3.05, 3.63) is 82.2 Å². The number of nitrogens with zero attached hydrogens (tertiary/aromatic N) is 6. The first-order valence-electron chi connectivity index (χ1n) is 17.1. The Labute approximate surface area is 348 Å². The lowest BCUT2D eigenvalue weighted by Gasteiger charge is -2.32. The van der Waals surface area contributed by atoms with E-state index in [0.717, 1.165) is 18.5 Å². The summed E-state index contributed by atoms with van der Waals surface area (Å²) in [4.78, 5) is 86.5. The van der Waals surface area contributed by atoms with E-state index in [4.69, 9.17) is 10.8 Å². The van der Waals surface area contributed by atoms with Gasteiger partial charge in [0.15, 0.2) is 20.5 Å². The number of hydrogen-bond acceptors (Lipinski definition) is 18. The molecule has 58 heavy (non-hydrogen) atoms. The number of nitrogens with two attached hydrogens (primary N) is 1. The summed E-state index contributed by atoms with van der Waals surface area (Å²) in [6, 6.07) is 9.59. The smallest absolute Gasteiger partial charge is 0.315 e. The summed E-state index contributed by atoms with van der Waals surface area (Å²) in [6.07, 6.45) is 5.77. The number of hydrogen-bond donors (Lipinski definition) is 6. The van der Waals surface area contributed by atoms with Gasteiger partial charge in [0.2, 0.25) is 23.6 Å². The fourth-order valence-electron chi connectivity index (χ4n) is 4.71. The molecule has 0 spiro atoms. The Bertz CT molecular complexity index is 1970. The molecular formula is C35H42N10O9S4. The number of likely N-dealkylation sites (N-methyl/N-ethyl adjacent to an activating group) is 1. The third-order valence-electron chi connectivity index (χ3n) is 7.37. The molecule has 1 aromatic carbocycles. The first-order valence-corrected chi connectivity index (χ1v) is 20.6. The van der Waals surface area contributed by atoms with Crippen LogP contribution in [0.3, 0.4) is 0 Å². The van der Waals surface area contributed by atoms with Crippen molar-refractivity contribution >= 4 is 101 Å². The summed E-state index contributed by atoms with van der Waals surface area (Å²) in [7, 11) is 2.96. The minimum atomic E-state index is -1.15. The average Bonchev–Trinajstić information content (AvgIpc) is 4.05. The standard InChI is InChI=1S/C19H24N4O3S.C7H8N2O3S.C6H6N2O3S.C3H4N2S/c1-22(18(26)11-17(25)21-19-20-8-10-27-19)16(14-5-3-2-4-6-14)13-23-9-7-15(24)12-23;1-12-6(11)4-5(10)9-7-8-2-3-13-7;9-4(3-5(10)11)8-6-7-1-2-12-6;4-3-5-1-2-6-3/h2-6,8,10,15-16,24H,7,9,11-13H2,1H3,(H,20,21,25);2-3H,4H2,1H3,(H,8,9,10);1-2H,3H2,(H,10,11)(H,7,8,9);1-2H,(H2,4,5)/t15-,16+;;;/m0.../s1. The number of carbonyl (C=O) groups is 6. The van der Waals surface area contributed by atoms with E-state index in [0.29, 0.717) is 33.6 Å². The van der Waals surface area contributed by atoms with Crippen molar-refractivity contribution in [2.24, 2.45) is 0 Å². The van der Waals surface area contributed by atoms with Crippen LogP contribution < -0.4 is 21.7 Å². The molecule has 23 heteroatoms. The molecule has 0 radical (unpaired) electrons. The number of ether oxygens (including phenoxy) is 1. The Morgan fingerprint density at radius 3 is 1.71 bits per heavy atom. The Balaban J connectivity index is 0.000000240. The highest BCUT2D eigenvalue weighted by Gasteiger charge is 2.29. The maximum Gasteiger partial charge on any atom is 0.315 e. The van der Waals surface area contributed by atoms with Gasteiger partial charge >= 0.3 is 11.9 Å². The maximum absolute atomic E-state index is 12.7. The number of aliphatic carboxylic acids is 1. The van der Waals surface area contributed by atoms with Gasteiger partial charge in [0.1, 0.15) is 19.3 Å². The van der Waals surface area contributed by atoms with Gasteiger partial charge in [0.05, 0.1) is 19.3 Å². The minimum absolute atomic E-state index is 0.184. The van der Waals surface area contributed by atoms with Crippen molar-refractivity contribution in [1.82, 2.24) is 29.7 Å². The number of likely N-dealkylation sites (tertiary alicyclic amines) is 1. The summed E-state index contributed by atoms with van der Waals surface area (Å²) < 4.78 is 4.32. The van der Waals surface area contributed by atoms with Crippen LogP contribution in [0.5, 0.6) is 0 Å². The van der Waals surface area contributed by atoms with E-state index in [9.17, 15) is 33.9 Å². The predicted octanol–water partition coefficient (Wildman–Crippen LogP) is 3.66. The van der Waals surface area contributed by atoms with Crippen molar-refractivity contribution < 1.29 is 43.7 Å². The van der Waals surface area contributed by atoms with Crippen LogP contribution >= 0.6 is 45.3 Å². The average molecular weight is 875 g/mol. The molecule has 5 aromatic rings. The number of esters is 1. The molecule has 310 valence electrons. The molecule has 19 nitrogen and oxygen atoms in total. The number of benzene rings is 1. The van der Waals surface area contributed by atoms with Crippen LogP contribution in [0, 0.1) is 0 Å². The van der Waals surface area contributed by atoms with Gasteiger partial charge in [-0.2, -0.15) is 0 Å². The monoisotopic (exact) mass is 874 g/mol. The molecule has 4 aromatic heterocycles. The number of aromatic nitrogens is 4. The van der Waals surface area contributed by atoms with Crippen molar-refractivity contribution in [2.45, 2.75) is 37.8 Å². The van der Waals surface area contributed by atoms with Crippen LogP contribution in [0.15, 0.2) is 76.6 Å². The highest BCUT2D eigenvalue weighted by atomic mass is 32.1. The Kier molecular flexibility index (Phi) is 20.5. The van der Waals surface area contributed by atoms with Gasteiger partial charge in [-0.3, -0.25) is 33.7 Å². The zero-order valence-corrected chi connectivity index (χ0v) is 34.5. The SMILES string of the molecule is CN(C(=O)CC(=O)Nc1nccs1)[C@H](CN1CC[C@H](O)C1)c1ccccc1.COC(=O)CC(=O)Nc1nccs1.Nc1nccs1.O=C(O)CC(=O)Nc1nccs1. The van der Waals surface area contributed by atoms with E-state index in [1.165, 1.54) is 58.7 Å². The number of methoxy groups -OCH3 is 1. The Hall–Kier alpha value is -5.72. The lowest BCUT2D eigenvalue weighted by molar-refractivity contribution is -0.143. The number of nitrogens with one attached hydrogen (secondary N) is 3. The summed E-state index contributed by atoms with van der Waals surface area (Å²) in [5.41, 5.74) is 6.19. The fraction of sp³-hybridized carbons (Fsp3) is 0.314. The minimum Gasteiger partial charge on any atom is -0.481 e. The molecule has 2 atom stereocenters. The first-order chi connectivity index (χ1) is 27.8. The van der Waals surface area contributed by atoms with E-state index in [1.807, 2.05) is 35.7 Å². The molecule has 6 rings (SSSR count). The number of carbonyl (C=O) groups excluding carboxylic acids is 5. The first kappa shape index (κ1) is 46.7. The molecular weight excluding hydrogens is 833 g/mol. The molecule has 4 amide bonds. The molecule has 0 aliphatic carbocycles. The van der Waals surface area contributed by atoms with Gasteiger partial charge in [-0.1, -0.05) is 30.3 Å². The van der Waals surface area contributed by atoms with Crippen molar-refractivity contribution in [2.75, 3.05) is 55.5 Å². The number of β-amino-alcohol motifs (C(OH)–C–C–N with tert-alkyl or cyclic N) is 1. The third kappa shape index (κ3) is 18.5. The molecule has 1 saturated heterocycles. The number of nitrogen functional groups attached to an aromatic ring is 1. The summed E-state index contributed by atoms with van der Waals surface area (Å²) >= 11 is 5.29. The Morgan fingerprint density at radius 2 is 1.31 bits per heavy atom. The zero-order chi connectivity index (χ0) is 42.3. The number of thiazole rings is 4. The summed E-state index contributed by atoms with van der Waals surface area (Å²) in [5.74, 6) is -3.31. The second kappa shape index (κ2) is 25.5. The van der Waals surface area contributed by atoms with E-state index in [1.54, 1.807) is 46.7 Å². The third-order valence-corrected chi connectivity index (χ3v) is 10.0. The maximum atomic E-state index is 12.7. The number of aliphatic hydroxyl groups is 1. The molecule has 1 fully saturated rings. The lowest BCUT2D eigenvalue weighted by Crippen LogP contribution is -2.40. The largest absolute Gasteiger partial charge is 0.481 e. The second-order valence-corrected chi connectivity index (χ2v) is 15.3. The van der Waals surface area contributed by atoms with Gasteiger partial charge in [-0.15, -0.1) is 45.3 Å². The molecule has 7 N–H and O–H groups in total. The molecule has 0 bridgehead atoms. The zero-order valence-electron chi connectivity index (χ0n) is 31.3. The molecule has 1 aliphatic heterocycles. The van der Waals surface area contributed by atoms with E-state index >= 15 is 0 Å². The predicted molar refractivity (Wildman–Crippen MR) is 221 cm³/mol. The van der Waals surface area contributed by atoms with Crippen LogP contribution in [0.4, 0.5) is 20.5 Å². The van der Waals surface area contributed by atoms with E-state index < -0.39 is 30.2 Å². The van der Waals surface area contributed by atoms with Crippen molar-refractivity contribution in [3.63, 3.8) is 0 Å². The van der Waals surface area contributed by atoms with Crippen LogP contribution in [0.2, 0.25) is 0 Å². The van der Waals surface area contributed by atoms with Gasteiger partial charge in [-0.25, -0.2) is 19.9 Å². The topological polar surface area (TPSA) is 272 Å². The van der Waals surface area contributed by atoms with E-state index in [-0.39, 0.29) is 36.8 Å². The fourth-order valence-corrected chi connectivity index (χ4v) is 6.72. The van der Waals surface area contributed by atoms with Gasteiger partial charge in [0, 0.05) is 73.0 Å². The van der Waals surface area contributed by atoms with Crippen LogP contribution in [-0.4, -0.2) is 115 Å². The number of anilines is 4. The van der Waals surface area contributed by atoms with Crippen LogP contribution in [0.1, 0.15) is 37.3 Å². The normalized spacial score (nSPS) is 13.4. The van der Waals surface area contributed by atoms with Crippen molar-refractivity contribution in [3.8, 4) is 0 Å². The quantitative estimate of drug-likeness (QED) is 0.0728. The number of amides is 4. The van der Waals surface area contributed by atoms with Gasteiger partial charge in [0.25, 0.3) is 0 Å². The van der Waals surface area contributed by atoms with Gasteiger partial charge in [-0.05, 0) is 12.0 Å². The highest BCUT2D eigenvalue weighted by molar-refractivity contribution is 7.14. The number of aliphatic hydroxyl groups excluding tert-OH is 1. The van der Waals surface area contributed by atoms with Crippen LogP contribution in [0.25, 0.3) is 0 Å². The molecule has 0 unspecified atom stereocenters. The number of carboxylic acids is 1. The number of carboxylic acid groups (broad SMARTS) is 1. The molecule has 5 heterocycles. The van der Waals surface area contributed by atoms with Crippen LogP contribution in [-0.2, 0) is 33.5 Å². The highest BCUT2D eigenvalue weighted by Crippen LogP contribution is 2.24. The van der Waals surface area contributed by atoms with Gasteiger partial charge < -0.3 is 41.5 Å². The molecule has 0 saturated carbocycles. The Morgan fingerprint density at radius 1 is 0.810 bits per heavy atom. The van der Waals surface area contributed by atoms with E-state index in [2.05, 4.69) is 45.5 Å². The lowest BCUT2D eigenvalue weighted by atomic mass is 10.0. The summed E-state index contributed by atoms with van der Waals surface area (Å²) in [6.45, 7) is 2.03. The summed E-state index contributed by atoms with van der Waals surface area (Å²) in [5, 5.41) is 34.5. The second-order valence-electron chi connectivity index (χ2n) is 11.7. The van der Waals surface area contributed by atoms with Crippen molar-refractivity contribution in [1.29, 1.82) is 0 Å².